The van der Waals surface area contributed by atoms with Gasteiger partial charge in [-0.25, -0.2) is 0 Å². The number of anilines is 1. The monoisotopic (exact) mass is 281 g/mol. The summed E-state index contributed by atoms with van der Waals surface area (Å²) < 4.78 is 4.96. The molecule has 0 unspecified atom stereocenters. The van der Waals surface area contributed by atoms with Crippen molar-refractivity contribution >= 4 is 29.2 Å². The quantitative estimate of drug-likeness (QED) is 0.689. The lowest BCUT2D eigenvalue weighted by atomic mass is 10.2. The maximum atomic E-state index is 11.8. The van der Waals surface area contributed by atoms with E-state index in [-0.39, 0.29) is 22.3 Å². The summed E-state index contributed by atoms with van der Waals surface area (Å²) in [6.45, 7) is 1.71. The number of nitro groups is 1. The van der Waals surface area contributed by atoms with Gasteiger partial charge in [0.1, 0.15) is 11.3 Å². The maximum Gasteiger partial charge on any atom is 0.301 e. The zero-order valence-electron chi connectivity index (χ0n) is 9.71. The van der Waals surface area contributed by atoms with E-state index in [4.69, 9.17) is 16.0 Å². The van der Waals surface area contributed by atoms with Crippen LogP contribution in [0, 0.1) is 17.0 Å². The van der Waals surface area contributed by atoms with Crippen molar-refractivity contribution in [2.75, 3.05) is 5.32 Å². The van der Waals surface area contributed by atoms with Crippen LogP contribution >= 0.6 is 11.6 Å². The molecule has 1 aromatic heterocycles. The van der Waals surface area contributed by atoms with Gasteiger partial charge in [0.25, 0.3) is 11.6 Å². The Balaban J connectivity index is 2.20. The fraction of sp³-hybridized carbons (Fsp3) is 0.0909. The Morgan fingerprint density at radius 1 is 1.53 bits per heavy atom. The molecule has 2 rings (SSSR count). The van der Waals surface area contributed by atoms with Crippen molar-refractivity contribution in [2.24, 2.45) is 0 Å². The maximum absolute atomic E-state index is 11.8. The summed E-state index contributed by atoms with van der Waals surface area (Å²) in [4.78, 5) is 25.7. The molecule has 0 aliphatic carbocycles. The Morgan fingerprint density at radius 3 is 2.79 bits per heavy atom. The highest BCUT2D eigenvalue weighted by molar-refractivity contribution is 6.33. The molecule has 1 aromatic carbocycles. The molecule has 0 aliphatic heterocycles. The normalized spacial score (nSPS) is 10.2. The van der Waals surface area contributed by atoms with E-state index in [1.165, 1.54) is 18.4 Å². The topological polar surface area (TPSA) is 98.3 Å². The predicted octanol–water partition coefficient (Wildman–Crippen LogP) is 2.80. The molecule has 0 bridgehead atoms. The summed E-state index contributed by atoms with van der Waals surface area (Å²) in [5, 5.41) is 12.9. The SMILES string of the molecule is Cc1coc(NC(=O)c2ccc([N+](=O)[O-])c(Cl)c2)n1. The molecule has 0 radical (unpaired) electrons. The van der Waals surface area contributed by atoms with Crippen LogP contribution in [0.3, 0.4) is 0 Å². The molecule has 0 spiro atoms. The molecule has 0 saturated carbocycles. The molecule has 7 nitrogen and oxygen atoms in total. The van der Waals surface area contributed by atoms with E-state index < -0.39 is 10.8 Å². The first-order chi connectivity index (χ1) is 8.97. The molecule has 0 fully saturated rings. The molecule has 19 heavy (non-hydrogen) atoms. The number of carbonyl (C=O) groups is 1. The second-order valence-electron chi connectivity index (χ2n) is 3.67. The van der Waals surface area contributed by atoms with Crippen molar-refractivity contribution in [3.05, 3.63) is 50.9 Å². The fourth-order valence-electron chi connectivity index (χ4n) is 1.38. The highest BCUT2D eigenvalue weighted by atomic mass is 35.5. The number of amides is 1. The van der Waals surface area contributed by atoms with Crippen LogP contribution in [-0.2, 0) is 0 Å². The standard InChI is InChI=1S/C11H8ClN3O4/c1-6-5-19-11(13-6)14-10(16)7-2-3-9(15(17)18)8(12)4-7/h2-5H,1H3,(H,13,14,16). The molecule has 98 valence electrons. The van der Waals surface area contributed by atoms with E-state index in [1.54, 1.807) is 6.92 Å². The van der Waals surface area contributed by atoms with Crippen LogP contribution in [0.2, 0.25) is 5.02 Å². The summed E-state index contributed by atoms with van der Waals surface area (Å²) in [7, 11) is 0. The second kappa shape index (κ2) is 5.07. The van der Waals surface area contributed by atoms with Gasteiger partial charge in [0.2, 0.25) is 0 Å². The van der Waals surface area contributed by atoms with Crippen molar-refractivity contribution in [1.82, 2.24) is 4.98 Å². The molecular weight excluding hydrogens is 274 g/mol. The van der Waals surface area contributed by atoms with Crippen LogP contribution in [0.1, 0.15) is 16.1 Å². The minimum Gasteiger partial charge on any atom is -0.432 e. The van der Waals surface area contributed by atoms with Crippen molar-refractivity contribution in [2.45, 2.75) is 6.92 Å². The van der Waals surface area contributed by atoms with E-state index in [1.807, 2.05) is 0 Å². The number of hydrogen-bond donors (Lipinski definition) is 1. The van der Waals surface area contributed by atoms with Gasteiger partial charge >= 0.3 is 6.01 Å². The fourth-order valence-corrected chi connectivity index (χ4v) is 1.63. The summed E-state index contributed by atoms with van der Waals surface area (Å²) in [5.74, 6) is -0.515. The predicted molar refractivity (Wildman–Crippen MR) is 67.3 cm³/mol. The largest absolute Gasteiger partial charge is 0.432 e. The first kappa shape index (κ1) is 13.0. The lowest BCUT2D eigenvalue weighted by Crippen LogP contribution is -2.12. The average molecular weight is 282 g/mol. The smallest absolute Gasteiger partial charge is 0.301 e. The average Bonchev–Trinajstić information content (AvgIpc) is 2.74. The van der Waals surface area contributed by atoms with E-state index in [2.05, 4.69) is 10.3 Å². The van der Waals surface area contributed by atoms with Gasteiger partial charge in [-0.05, 0) is 19.1 Å². The van der Waals surface area contributed by atoms with Gasteiger partial charge in [0, 0.05) is 11.6 Å². The van der Waals surface area contributed by atoms with Crippen LogP contribution in [0.25, 0.3) is 0 Å². The molecule has 1 N–H and O–H groups in total. The third-order valence-electron chi connectivity index (χ3n) is 2.25. The number of nitrogens with one attached hydrogen (secondary N) is 1. The van der Waals surface area contributed by atoms with Crippen LogP contribution < -0.4 is 5.32 Å². The number of hydrogen-bond acceptors (Lipinski definition) is 5. The summed E-state index contributed by atoms with van der Waals surface area (Å²) in [6.07, 6.45) is 1.39. The zero-order valence-corrected chi connectivity index (χ0v) is 10.5. The third-order valence-corrected chi connectivity index (χ3v) is 2.55. The molecule has 1 heterocycles. The number of nitro benzene ring substituents is 1. The van der Waals surface area contributed by atoms with Crippen molar-refractivity contribution in [3.63, 3.8) is 0 Å². The van der Waals surface area contributed by atoms with Crippen LogP contribution in [0.5, 0.6) is 0 Å². The van der Waals surface area contributed by atoms with Gasteiger partial charge in [-0.15, -0.1) is 0 Å². The minimum absolute atomic E-state index is 0.0528. The van der Waals surface area contributed by atoms with Gasteiger partial charge in [0.05, 0.1) is 10.6 Å². The van der Waals surface area contributed by atoms with Crippen molar-refractivity contribution in [3.8, 4) is 0 Å². The summed E-state index contributed by atoms with van der Waals surface area (Å²) in [5.41, 5.74) is 0.536. The van der Waals surface area contributed by atoms with Crippen LogP contribution in [0.4, 0.5) is 11.7 Å². The minimum atomic E-state index is -0.624. The van der Waals surface area contributed by atoms with Crippen LogP contribution in [0.15, 0.2) is 28.9 Å². The Hall–Kier alpha value is -2.41. The Labute approximate surface area is 112 Å². The summed E-state index contributed by atoms with van der Waals surface area (Å²) in [6, 6.07) is 3.73. The highest BCUT2D eigenvalue weighted by Crippen LogP contribution is 2.25. The number of aryl methyl sites for hydroxylation is 1. The molecule has 0 aliphatic rings. The molecule has 2 aromatic rings. The van der Waals surface area contributed by atoms with Gasteiger partial charge in [-0.2, -0.15) is 4.98 Å². The second-order valence-corrected chi connectivity index (χ2v) is 4.08. The van der Waals surface area contributed by atoms with Gasteiger partial charge in [-0.3, -0.25) is 20.2 Å². The molecule has 1 amide bonds. The van der Waals surface area contributed by atoms with E-state index in [9.17, 15) is 14.9 Å². The number of rotatable bonds is 3. The third kappa shape index (κ3) is 2.89. The Kier molecular flexibility index (Phi) is 3.48. The molecule has 0 saturated heterocycles. The lowest BCUT2D eigenvalue weighted by molar-refractivity contribution is -0.384. The number of oxazole rings is 1. The van der Waals surface area contributed by atoms with E-state index >= 15 is 0 Å². The summed E-state index contributed by atoms with van der Waals surface area (Å²) >= 11 is 5.71. The first-order valence-electron chi connectivity index (χ1n) is 5.15. The Morgan fingerprint density at radius 2 is 2.26 bits per heavy atom. The van der Waals surface area contributed by atoms with Crippen molar-refractivity contribution in [1.29, 1.82) is 0 Å². The van der Waals surface area contributed by atoms with Crippen molar-refractivity contribution < 1.29 is 14.1 Å². The highest BCUT2D eigenvalue weighted by Gasteiger charge is 2.16. The van der Waals surface area contributed by atoms with Gasteiger partial charge < -0.3 is 4.42 Å². The number of benzene rings is 1. The number of carbonyl (C=O) groups excluding carboxylic acids is 1. The lowest BCUT2D eigenvalue weighted by Gasteiger charge is -2.02. The molecule has 8 heteroatoms. The zero-order chi connectivity index (χ0) is 14.0. The van der Waals surface area contributed by atoms with E-state index in [0.717, 1.165) is 6.07 Å². The number of aromatic nitrogens is 1. The van der Waals surface area contributed by atoms with E-state index in [0.29, 0.717) is 5.69 Å². The molecule has 0 atom stereocenters. The molecular formula is C11H8ClN3O4. The van der Waals surface area contributed by atoms with Gasteiger partial charge in [-0.1, -0.05) is 11.6 Å². The van der Waals surface area contributed by atoms with Gasteiger partial charge in [0.15, 0.2) is 0 Å². The number of nitrogens with zero attached hydrogens (tertiary/aromatic N) is 2. The van der Waals surface area contributed by atoms with Crippen LogP contribution in [-0.4, -0.2) is 15.8 Å². The Bertz CT molecular complexity index is 653. The number of halogens is 1. The first-order valence-corrected chi connectivity index (χ1v) is 5.52.